The van der Waals surface area contributed by atoms with Crippen molar-refractivity contribution in [3.05, 3.63) is 0 Å². The summed E-state index contributed by atoms with van der Waals surface area (Å²) in [5, 5.41) is 18.5. The molecule has 0 saturated heterocycles. The molecule has 104 valence electrons. The summed E-state index contributed by atoms with van der Waals surface area (Å²) in [6, 6.07) is -0.978. The molecule has 5 N–H and O–H groups in total. The zero-order chi connectivity index (χ0) is 13.8. The van der Waals surface area contributed by atoms with Crippen molar-refractivity contribution in [2.75, 3.05) is 12.3 Å². The molecular weight excluding hydrogens is 262 g/mol. The van der Waals surface area contributed by atoms with Gasteiger partial charge in [-0.25, -0.2) is 18.4 Å². The van der Waals surface area contributed by atoms with Crippen molar-refractivity contribution >= 4 is 22.0 Å². The normalized spacial score (nSPS) is 23.6. The van der Waals surface area contributed by atoms with Gasteiger partial charge in [-0.3, -0.25) is 4.79 Å². The maximum Gasteiger partial charge on any atom is 0.315 e. The van der Waals surface area contributed by atoms with Crippen molar-refractivity contribution < 1.29 is 23.1 Å². The van der Waals surface area contributed by atoms with Gasteiger partial charge in [0.2, 0.25) is 10.0 Å². The first kappa shape index (κ1) is 14.7. The summed E-state index contributed by atoms with van der Waals surface area (Å²) in [5.41, 5.74) is 0. The predicted molar refractivity (Wildman–Crippen MR) is 63.3 cm³/mol. The van der Waals surface area contributed by atoms with Crippen LogP contribution in [0, 0.1) is 5.92 Å². The summed E-state index contributed by atoms with van der Waals surface area (Å²) in [5.74, 6) is -1.86. The topological polar surface area (TPSA) is 139 Å². The zero-order valence-corrected chi connectivity index (χ0v) is 10.6. The van der Waals surface area contributed by atoms with E-state index in [1.54, 1.807) is 0 Å². The van der Waals surface area contributed by atoms with Crippen molar-refractivity contribution in [2.24, 2.45) is 11.1 Å². The van der Waals surface area contributed by atoms with Crippen molar-refractivity contribution in [3.63, 3.8) is 0 Å². The van der Waals surface area contributed by atoms with Crippen LogP contribution in [0.2, 0.25) is 0 Å². The van der Waals surface area contributed by atoms with E-state index in [1.807, 2.05) is 0 Å². The van der Waals surface area contributed by atoms with E-state index in [4.69, 9.17) is 10.2 Å². The van der Waals surface area contributed by atoms with E-state index in [0.29, 0.717) is 12.8 Å². The van der Waals surface area contributed by atoms with Gasteiger partial charge in [-0.2, -0.15) is 0 Å². The first-order valence-corrected chi connectivity index (χ1v) is 7.29. The van der Waals surface area contributed by atoms with Crippen LogP contribution in [-0.4, -0.2) is 43.9 Å². The zero-order valence-electron chi connectivity index (χ0n) is 9.76. The van der Waals surface area contributed by atoms with Gasteiger partial charge in [-0.1, -0.05) is 6.42 Å². The molecule has 1 rings (SSSR count). The van der Waals surface area contributed by atoms with E-state index in [9.17, 15) is 18.0 Å². The van der Waals surface area contributed by atoms with Gasteiger partial charge >= 0.3 is 12.0 Å². The van der Waals surface area contributed by atoms with E-state index in [-0.39, 0.29) is 12.3 Å². The molecule has 1 aliphatic rings. The highest BCUT2D eigenvalue weighted by molar-refractivity contribution is 7.89. The van der Waals surface area contributed by atoms with Gasteiger partial charge in [0.25, 0.3) is 0 Å². The van der Waals surface area contributed by atoms with E-state index in [0.717, 1.165) is 6.42 Å². The van der Waals surface area contributed by atoms with Gasteiger partial charge in [-0.15, -0.1) is 0 Å². The maximum absolute atomic E-state index is 11.4. The molecule has 2 atom stereocenters. The fraction of sp³-hybridized carbons (Fsp3) is 0.778. The summed E-state index contributed by atoms with van der Waals surface area (Å²) >= 11 is 0. The van der Waals surface area contributed by atoms with Gasteiger partial charge in [0, 0.05) is 12.6 Å². The molecule has 0 heterocycles. The van der Waals surface area contributed by atoms with Crippen LogP contribution in [0.3, 0.4) is 0 Å². The van der Waals surface area contributed by atoms with Crippen LogP contribution in [0.4, 0.5) is 4.79 Å². The Labute approximate surface area is 105 Å². The number of urea groups is 1. The van der Waals surface area contributed by atoms with E-state index in [2.05, 4.69) is 10.6 Å². The van der Waals surface area contributed by atoms with Crippen LogP contribution in [0.15, 0.2) is 0 Å². The van der Waals surface area contributed by atoms with Crippen molar-refractivity contribution in [3.8, 4) is 0 Å². The summed E-state index contributed by atoms with van der Waals surface area (Å²) < 4.78 is 21.3. The van der Waals surface area contributed by atoms with Crippen LogP contribution in [0.1, 0.15) is 19.3 Å². The number of hydrogen-bond acceptors (Lipinski definition) is 4. The standard InChI is InChI=1S/C9H17N3O5S/c10-18(16,17)5-4-11-9(15)12-7-3-1-2-6(7)8(13)14/h6-7H,1-5H2,(H,13,14)(H2,10,16,17)(H2,11,12,15). The van der Waals surface area contributed by atoms with Gasteiger partial charge in [-0.05, 0) is 12.8 Å². The third-order valence-corrected chi connectivity index (χ3v) is 3.59. The number of carbonyl (C=O) groups is 2. The van der Waals surface area contributed by atoms with Gasteiger partial charge < -0.3 is 15.7 Å². The molecule has 1 fully saturated rings. The summed E-state index contributed by atoms with van der Waals surface area (Å²) in [4.78, 5) is 22.3. The number of carboxylic acids is 1. The Balaban J connectivity index is 2.34. The molecule has 0 spiro atoms. The first-order valence-electron chi connectivity index (χ1n) is 5.57. The lowest BCUT2D eigenvalue weighted by Crippen LogP contribution is -2.46. The number of hydrogen-bond donors (Lipinski definition) is 4. The Morgan fingerprint density at radius 2 is 2.00 bits per heavy atom. The Hall–Kier alpha value is -1.35. The highest BCUT2D eigenvalue weighted by Gasteiger charge is 2.33. The monoisotopic (exact) mass is 279 g/mol. The smallest absolute Gasteiger partial charge is 0.315 e. The molecule has 0 bridgehead atoms. The number of rotatable bonds is 5. The van der Waals surface area contributed by atoms with Crippen molar-refractivity contribution in [1.29, 1.82) is 0 Å². The summed E-state index contributed by atoms with van der Waals surface area (Å²) in [6.45, 7) is -0.102. The molecule has 8 nitrogen and oxygen atoms in total. The molecule has 0 aromatic carbocycles. The number of aliphatic carboxylic acids is 1. The van der Waals surface area contributed by atoms with Crippen LogP contribution >= 0.6 is 0 Å². The minimum atomic E-state index is -3.61. The van der Waals surface area contributed by atoms with Gasteiger partial charge in [0.05, 0.1) is 11.7 Å². The molecule has 0 aromatic heterocycles. The molecule has 9 heteroatoms. The van der Waals surface area contributed by atoms with Crippen LogP contribution in [0.25, 0.3) is 0 Å². The molecule has 1 saturated carbocycles. The number of nitrogens with two attached hydrogens (primary N) is 1. The molecule has 2 unspecified atom stereocenters. The Kier molecular flexibility index (Phi) is 4.91. The maximum atomic E-state index is 11.4. The molecule has 18 heavy (non-hydrogen) atoms. The third kappa shape index (κ3) is 4.88. The van der Waals surface area contributed by atoms with Crippen LogP contribution in [-0.2, 0) is 14.8 Å². The fourth-order valence-corrected chi connectivity index (χ4v) is 2.34. The third-order valence-electron chi connectivity index (χ3n) is 2.82. The second-order valence-corrected chi connectivity index (χ2v) is 5.98. The number of amides is 2. The second kappa shape index (κ2) is 6.01. The molecule has 0 radical (unpaired) electrons. The predicted octanol–water partition coefficient (Wildman–Crippen LogP) is -1.17. The average molecular weight is 279 g/mol. The van der Waals surface area contributed by atoms with E-state index in [1.165, 1.54) is 0 Å². The lowest BCUT2D eigenvalue weighted by atomic mass is 10.0. The molecule has 2 amide bonds. The van der Waals surface area contributed by atoms with Crippen molar-refractivity contribution in [2.45, 2.75) is 25.3 Å². The quantitative estimate of drug-likeness (QED) is 0.502. The second-order valence-electron chi connectivity index (χ2n) is 4.25. The number of sulfonamides is 1. The number of carbonyl (C=O) groups excluding carboxylic acids is 1. The summed E-state index contributed by atoms with van der Waals surface area (Å²) in [7, 11) is -3.61. The van der Waals surface area contributed by atoms with Crippen LogP contribution in [0.5, 0.6) is 0 Å². The molecule has 1 aliphatic carbocycles. The lowest BCUT2D eigenvalue weighted by molar-refractivity contribution is -0.142. The molecular formula is C9H17N3O5S. The number of carboxylic acid groups (broad SMARTS) is 1. The largest absolute Gasteiger partial charge is 0.481 e. The summed E-state index contributed by atoms with van der Waals surface area (Å²) in [6.07, 6.45) is 1.90. The van der Waals surface area contributed by atoms with E-state index < -0.39 is 34.0 Å². The van der Waals surface area contributed by atoms with E-state index >= 15 is 0 Å². The molecule has 0 aliphatic heterocycles. The average Bonchev–Trinajstić information content (AvgIpc) is 2.63. The van der Waals surface area contributed by atoms with Crippen molar-refractivity contribution in [1.82, 2.24) is 10.6 Å². The lowest BCUT2D eigenvalue weighted by Gasteiger charge is -2.17. The Bertz CT molecular complexity index is 422. The van der Waals surface area contributed by atoms with Gasteiger partial charge in [0.15, 0.2) is 0 Å². The SMILES string of the molecule is NS(=O)(=O)CCNC(=O)NC1CCCC1C(=O)O. The number of nitrogens with one attached hydrogen (secondary N) is 2. The highest BCUT2D eigenvalue weighted by atomic mass is 32.2. The Morgan fingerprint density at radius 1 is 1.33 bits per heavy atom. The fourth-order valence-electron chi connectivity index (χ4n) is 1.95. The van der Waals surface area contributed by atoms with Gasteiger partial charge in [0.1, 0.15) is 0 Å². The minimum absolute atomic E-state index is 0.102. The Morgan fingerprint density at radius 3 is 2.56 bits per heavy atom. The molecule has 0 aromatic rings. The van der Waals surface area contributed by atoms with Crippen LogP contribution < -0.4 is 15.8 Å². The first-order chi connectivity index (χ1) is 8.29. The number of primary sulfonamides is 1. The minimum Gasteiger partial charge on any atom is -0.481 e. The highest BCUT2D eigenvalue weighted by Crippen LogP contribution is 2.25.